The van der Waals surface area contributed by atoms with Gasteiger partial charge in [-0.2, -0.15) is 0 Å². The summed E-state index contributed by atoms with van der Waals surface area (Å²) in [5.41, 5.74) is -0.591. The third-order valence-corrected chi connectivity index (χ3v) is 2.67. The first-order chi connectivity index (χ1) is 7.81. The van der Waals surface area contributed by atoms with Crippen LogP contribution < -0.4 is 0 Å². The number of ether oxygens (including phenoxy) is 1. The third kappa shape index (κ3) is 4.24. The molecule has 1 heterocycles. The van der Waals surface area contributed by atoms with Crippen molar-refractivity contribution in [1.29, 1.82) is 0 Å². The summed E-state index contributed by atoms with van der Waals surface area (Å²) in [6, 6.07) is -0.743. The van der Waals surface area contributed by atoms with Gasteiger partial charge in [-0.05, 0) is 33.6 Å². The minimum Gasteiger partial charge on any atom is -0.480 e. The van der Waals surface area contributed by atoms with E-state index in [9.17, 15) is 9.59 Å². The molecule has 0 spiro atoms. The number of aliphatic carboxylic acids is 1. The van der Waals surface area contributed by atoms with Crippen LogP contribution in [0.4, 0.5) is 4.79 Å². The van der Waals surface area contributed by atoms with Crippen molar-refractivity contribution >= 4 is 12.1 Å². The quantitative estimate of drug-likeness (QED) is 0.767. The van der Waals surface area contributed by atoms with Gasteiger partial charge in [0.1, 0.15) is 11.6 Å². The second kappa shape index (κ2) is 5.38. The van der Waals surface area contributed by atoms with E-state index in [4.69, 9.17) is 9.84 Å². The molecule has 1 aliphatic rings. The number of carbonyl (C=O) groups excluding carboxylic acids is 1. The van der Waals surface area contributed by atoms with Crippen molar-refractivity contribution in [3.63, 3.8) is 0 Å². The highest BCUT2D eigenvalue weighted by Gasteiger charge is 2.33. The van der Waals surface area contributed by atoms with Crippen LogP contribution in [0.25, 0.3) is 0 Å². The molecule has 0 unspecified atom stereocenters. The molecular formula is C12H21NO4. The molecule has 1 amide bonds. The minimum atomic E-state index is -0.947. The van der Waals surface area contributed by atoms with Gasteiger partial charge in [0.05, 0.1) is 0 Å². The topological polar surface area (TPSA) is 66.8 Å². The second-order valence-electron chi connectivity index (χ2n) is 5.38. The number of rotatable bonds is 1. The molecule has 0 radical (unpaired) electrons. The summed E-state index contributed by atoms with van der Waals surface area (Å²) in [4.78, 5) is 24.4. The van der Waals surface area contributed by atoms with Crippen molar-refractivity contribution < 1.29 is 19.4 Å². The average Bonchev–Trinajstić information content (AvgIpc) is 2.39. The molecule has 1 aliphatic heterocycles. The van der Waals surface area contributed by atoms with Gasteiger partial charge in [-0.1, -0.05) is 12.8 Å². The molecule has 1 saturated heterocycles. The summed E-state index contributed by atoms with van der Waals surface area (Å²) in [6.07, 6.45) is 2.63. The highest BCUT2D eigenvalue weighted by Crippen LogP contribution is 2.20. The number of carboxylic acid groups (broad SMARTS) is 1. The Bertz CT molecular complexity index is 295. The van der Waals surface area contributed by atoms with Crippen LogP contribution in [-0.2, 0) is 9.53 Å². The molecule has 98 valence electrons. The maximum Gasteiger partial charge on any atom is 0.411 e. The lowest BCUT2D eigenvalue weighted by Gasteiger charge is -2.30. The number of carboxylic acids is 1. The number of likely N-dealkylation sites (tertiary alicyclic amines) is 1. The Morgan fingerprint density at radius 3 is 2.41 bits per heavy atom. The van der Waals surface area contributed by atoms with Crippen LogP contribution in [0.5, 0.6) is 0 Å². The highest BCUT2D eigenvalue weighted by molar-refractivity contribution is 5.80. The van der Waals surface area contributed by atoms with Crippen LogP contribution in [-0.4, -0.2) is 40.3 Å². The lowest BCUT2D eigenvalue weighted by molar-refractivity contribution is -0.143. The SMILES string of the molecule is CC(C)(C)OC(=O)N1CCCCC[C@@H]1C(=O)O. The Hall–Kier alpha value is -1.26. The molecule has 1 fully saturated rings. The van der Waals surface area contributed by atoms with Gasteiger partial charge < -0.3 is 9.84 Å². The zero-order chi connectivity index (χ0) is 13.1. The molecule has 0 aromatic heterocycles. The van der Waals surface area contributed by atoms with E-state index in [-0.39, 0.29) is 0 Å². The highest BCUT2D eigenvalue weighted by atomic mass is 16.6. The molecule has 0 aromatic rings. The maximum absolute atomic E-state index is 11.9. The lowest BCUT2D eigenvalue weighted by Crippen LogP contribution is -2.46. The van der Waals surface area contributed by atoms with Crippen LogP contribution in [0.2, 0.25) is 0 Å². The summed E-state index contributed by atoms with van der Waals surface area (Å²) in [5.74, 6) is -0.947. The van der Waals surface area contributed by atoms with Gasteiger partial charge in [0, 0.05) is 6.54 Å². The van der Waals surface area contributed by atoms with Gasteiger partial charge in [-0.3, -0.25) is 4.90 Å². The minimum absolute atomic E-state index is 0.464. The largest absolute Gasteiger partial charge is 0.480 e. The molecular weight excluding hydrogens is 222 g/mol. The van der Waals surface area contributed by atoms with E-state index in [1.807, 2.05) is 0 Å². The van der Waals surface area contributed by atoms with Gasteiger partial charge in [0.15, 0.2) is 0 Å². The van der Waals surface area contributed by atoms with E-state index < -0.39 is 23.7 Å². The Balaban J connectivity index is 2.75. The molecule has 0 aromatic carbocycles. The van der Waals surface area contributed by atoms with Crippen LogP contribution in [0.1, 0.15) is 46.5 Å². The zero-order valence-corrected chi connectivity index (χ0v) is 10.7. The number of hydrogen-bond acceptors (Lipinski definition) is 3. The summed E-state index contributed by atoms with van der Waals surface area (Å²) in [7, 11) is 0. The first kappa shape index (κ1) is 13.8. The fraction of sp³-hybridized carbons (Fsp3) is 0.833. The van der Waals surface area contributed by atoms with Crippen molar-refractivity contribution in [3.8, 4) is 0 Å². The molecule has 5 heteroatoms. The van der Waals surface area contributed by atoms with Crippen LogP contribution in [0.3, 0.4) is 0 Å². The molecule has 0 aliphatic carbocycles. The fourth-order valence-electron chi connectivity index (χ4n) is 1.90. The standard InChI is InChI=1S/C12H21NO4/c1-12(2,3)17-11(16)13-8-6-4-5-7-9(13)10(14)15/h9H,4-8H2,1-3H3,(H,14,15)/t9-/m1/s1. The van der Waals surface area contributed by atoms with Gasteiger partial charge >= 0.3 is 12.1 Å². The first-order valence-corrected chi connectivity index (χ1v) is 6.04. The predicted molar refractivity (Wildman–Crippen MR) is 62.8 cm³/mol. The van der Waals surface area contributed by atoms with Gasteiger partial charge in [0.2, 0.25) is 0 Å². The van der Waals surface area contributed by atoms with Crippen molar-refractivity contribution in [2.24, 2.45) is 0 Å². The van der Waals surface area contributed by atoms with E-state index in [1.165, 1.54) is 4.90 Å². The van der Waals surface area contributed by atoms with Crippen molar-refractivity contribution in [1.82, 2.24) is 4.90 Å². The Kier molecular flexibility index (Phi) is 4.37. The maximum atomic E-state index is 11.9. The van der Waals surface area contributed by atoms with Crippen LogP contribution in [0.15, 0.2) is 0 Å². The Labute approximate surface area is 102 Å². The lowest BCUT2D eigenvalue weighted by atomic mass is 10.1. The van der Waals surface area contributed by atoms with E-state index in [2.05, 4.69) is 0 Å². The molecule has 0 saturated carbocycles. The van der Waals surface area contributed by atoms with E-state index >= 15 is 0 Å². The predicted octanol–water partition coefficient (Wildman–Crippen LogP) is 2.25. The molecule has 1 rings (SSSR count). The number of amides is 1. The number of hydrogen-bond donors (Lipinski definition) is 1. The van der Waals surface area contributed by atoms with E-state index in [0.717, 1.165) is 19.3 Å². The fourth-order valence-corrected chi connectivity index (χ4v) is 1.90. The van der Waals surface area contributed by atoms with Crippen molar-refractivity contribution in [2.45, 2.75) is 58.1 Å². The summed E-state index contributed by atoms with van der Waals surface area (Å²) >= 11 is 0. The molecule has 17 heavy (non-hydrogen) atoms. The first-order valence-electron chi connectivity index (χ1n) is 6.04. The van der Waals surface area contributed by atoms with E-state index in [1.54, 1.807) is 20.8 Å². The van der Waals surface area contributed by atoms with Gasteiger partial charge in [-0.15, -0.1) is 0 Å². The molecule has 5 nitrogen and oxygen atoms in total. The molecule has 1 N–H and O–H groups in total. The Morgan fingerprint density at radius 1 is 1.24 bits per heavy atom. The van der Waals surface area contributed by atoms with Gasteiger partial charge in [0.25, 0.3) is 0 Å². The smallest absolute Gasteiger partial charge is 0.411 e. The number of carbonyl (C=O) groups is 2. The average molecular weight is 243 g/mol. The van der Waals surface area contributed by atoms with E-state index in [0.29, 0.717) is 13.0 Å². The van der Waals surface area contributed by atoms with Crippen molar-refractivity contribution in [3.05, 3.63) is 0 Å². The Morgan fingerprint density at radius 2 is 1.88 bits per heavy atom. The van der Waals surface area contributed by atoms with Crippen LogP contribution in [0, 0.1) is 0 Å². The van der Waals surface area contributed by atoms with Gasteiger partial charge in [-0.25, -0.2) is 9.59 Å². The van der Waals surface area contributed by atoms with Crippen LogP contribution >= 0.6 is 0 Å². The normalized spacial score (nSPS) is 21.8. The molecule has 0 bridgehead atoms. The monoisotopic (exact) mass is 243 g/mol. The summed E-state index contributed by atoms with van der Waals surface area (Å²) in [5, 5.41) is 9.13. The number of nitrogens with zero attached hydrogens (tertiary/aromatic N) is 1. The molecule has 1 atom stereocenters. The summed E-state index contributed by atoms with van der Waals surface area (Å²) < 4.78 is 5.24. The second-order valence-corrected chi connectivity index (χ2v) is 5.38. The van der Waals surface area contributed by atoms with Crippen molar-refractivity contribution in [2.75, 3.05) is 6.54 Å². The zero-order valence-electron chi connectivity index (χ0n) is 10.7. The summed E-state index contributed by atoms with van der Waals surface area (Å²) in [6.45, 7) is 5.79. The third-order valence-electron chi connectivity index (χ3n) is 2.67.